The molecule has 4 N–H and O–H groups in total. The van der Waals surface area contributed by atoms with Crippen LogP contribution in [0.3, 0.4) is 0 Å². The van der Waals surface area contributed by atoms with E-state index >= 15 is 0 Å². The number of alkyl carbamates (subject to hydrolysis) is 1. The van der Waals surface area contributed by atoms with Gasteiger partial charge < -0.3 is 30.3 Å². The molecule has 2 unspecified atom stereocenters. The van der Waals surface area contributed by atoms with E-state index in [1.807, 2.05) is 36.4 Å². The van der Waals surface area contributed by atoms with Gasteiger partial charge in [0.1, 0.15) is 6.61 Å². The van der Waals surface area contributed by atoms with E-state index in [4.69, 9.17) is 14.6 Å². The number of carbonyl (C=O) groups is 3. The van der Waals surface area contributed by atoms with Gasteiger partial charge in [-0.15, -0.1) is 0 Å². The van der Waals surface area contributed by atoms with E-state index in [0.29, 0.717) is 0 Å². The number of carboxylic acid groups (broad SMARTS) is 1. The second-order valence-electron chi connectivity index (χ2n) is 7.82. The van der Waals surface area contributed by atoms with E-state index in [-0.39, 0.29) is 25.7 Å². The van der Waals surface area contributed by atoms with Crippen molar-refractivity contribution in [3.63, 3.8) is 0 Å². The van der Waals surface area contributed by atoms with Gasteiger partial charge in [-0.2, -0.15) is 0 Å². The lowest BCUT2D eigenvalue weighted by Gasteiger charge is -2.20. The Hall–Kier alpha value is -3.43. The van der Waals surface area contributed by atoms with Crippen molar-refractivity contribution in [2.24, 2.45) is 5.92 Å². The van der Waals surface area contributed by atoms with Crippen molar-refractivity contribution in [2.75, 3.05) is 26.4 Å². The molecular weight excluding hydrogens is 416 g/mol. The first kappa shape index (κ1) is 21.8. The molecule has 0 spiro atoms. The summed E-state index contributed by atoms with van der Waals surface area (Å²) in [6.07, 6.45) is -2.36. The first-order valence-electron chi connectivity index (χ1n) is 10.3. The topological polar surface area (TPSA) is 134 Å². The van der Waals surface area contributed by atoms with Crippen LogP contribution in [0.15, 0.2) is 48.5 Å². The Morgan fingerprint density at radius 1 is 1.03 bits per heavy atom. The lowest BCUT2D eigenvalue weighted by atomic mass is 9.98. The zero-order valence-electron chi connectivity index (χ0n) is 17.2. The van der Waals surface area contributed by atoms with Crippen LogP contribution in [-0.2, 0) is 19.1 Å². The molecule has 2 aliphatic rings. The molecule has 1 aliphatic carbocycles. The van der Waals surface area contributed by atoms with Crippen molar-refractivity contribution in [1.29, 1.82) is 0 Å². The van der Waals surface area contributed by atoms with Crippen LogP contribution < -0.4 is 10.6 Å². The zero-order chi connectivity index (χ0) is 22.7. The number of hydrogen-bond donors (Lipinski definition) is 4. The minimum atomic E-state index is -1.70. The number of carboxylic acids is 1. The summed E-state index contributed by atoms with van der Waals surface area (Å²) in [6.45, 7) is -0.0788. The van der Waals surface area contributed by atoms with Crippen LogP contribution in [0.2, 0.25) is 0 Å². The van der Waals surface area contributed by atoms with E-state index in [9.17, 15) is 19.5 Å². The lowest BCUT2D eigenvalue weighted by molar-refractivity contribution is -0.146. The normalized spacial score (nSPS) is 20.2. The number of aliphatic hydroxyl groups excluding tert-OH is 1. The molecule has 3 atom stereocenters. The zero-order valence-corrected chi connectivity index (χ0v) is 17.2. The van der Waals surface area contributed by atoms with Gasteiger partial charge in [-0.3, -0.25) is 4.79 Å². The molecule has 1 fully saturated rings. The van der Waals surface area contributed by atoms with Crippen molar-refractivity contribution in [3.8, 4) is 11.1 Å². The third kappa shape index (κ3) is 4.44. The van der Waals surface area contributed by atoms with E-state index in [1.165, 1.54) is 0 Å². The summed E-state index contributed by atoms with van der Waals surface area (Å²) in [4.78, 5) is 35.5. The third-order valence-corrected chi connectivity index (χ3v) is 5.82. The van der Waals surface area contributed by atoms with Crippen LogP contribution in [0.5, 0.6) is 0 Å². The van der Waals surface area contributed by atoms with Crippen molar-refractivity contribution < 1.29 is 34.1 Å². The molecule has 2 amide bonds. The van der Waals surface area contributed by atoms with E-state index in [1.54, 1.807) is 0 Å². The van der Waals surface area contributed by atoms with Crippen LogP contribution >= 0.6 is 0 Å². The average Bonchev–Trinajstić information content (AvgIpc) is 3.38. The Morgan fingerprint density at radius 3 is 2.28 bits per heavy atom. The molecule has 1 aliphatic heterocycles. The van der Waals surface area contributed by atoms with Gasteiger partial charge in [-0.05, 0) is 22.3 Å². The summed E-state index contributed by atoms with van der Waals surface area (Å²) in [6, 6.07) is 15.4. The SMILES string of the molecule is O=C(NC1COCC1C(=O)NC[C@H](O)C(=O)O)OCC1c2ccccc2-c2ccccc21. The maximum absolute atomic E-state index is 12.5. The molecule has 0 saturated carbocycles. The molecule has 2 aromatic rings. The van der Waals surface area contributed by atoms with Gasteiger partial charge >= 0.3 is 12.1 Å². The number of hydrogen-bond acceptors (Lipinski definition) is 6. The molecule has 0 bridgehead atoms. The van der Waals surface area contributed by atoms with E-state index in [0.717, 1.165) is 22.3 Å². The maximum atomic E-state index is 12.5. The molecule has 168 valence electrons. The average molecular weight is 440 g/mol. The van der Waals surface area contributed by atoms with Gasteiger partial charge in [0.2, 0.25) is 5.91 Å². The highest BCUT2D eigenvalue weighted by Crippen LogP contribution is 2.44. The van der Waals surface area contributed by atoms with Crippen molar-refractivity contribution in [3.05, 3.63) is 59.7 Å². The number of aliphatic carboxylic acids is 1. The number of nitrogens with one attached hydrogen (secondary N) is 2. The smallest absolute Gasteiger partial charge is 0.407 e. The van der Waals surface area contributed by atoms with Crippen LogP contribution in [0, 0.1) is 5.92 Å². The summed E-state index contributed by atoms with van der Waals surface area (Å²) < 4.78 is 10.8. The van der Waals surface area contributed by atoms with Crippen LogP contribution in [0.4, 0.5) is 4.79 Å². The Balaban J connectivity index is 1.34. The van der Waals surface area contributed by atoms with E-state index in [2.05, 4.69) is 22.8 Å². The minimum absolute atomic E-state index is 0.0727. The molecule has 0 radical (unpaired) electrons. The largest absolute Gasteiger partial charge is 0.479 e. The Kier molecular flexibility index (Phi) is 6.38. The first-order chi connectivity index (χ1) is 15.5. The Bertz CT molecular complexity index is 979. The second kappa shape index (κ2) is 9.37. The minimum Gasteiger partial charge on any atom is -0.479 e. The molecule has 32 heavy (non-hydrogen) atoms. The molecule has 9 nitrogen and oxygen atoms in total. The molecule has 9 heteroatoms. The van der Waals surface area contributed by atoms with Gasteiger partial charge in [0.25, 0.3) is 0 Å². The van der Waals surface area contributed by atoms with Gasteiger partial charge in [-0.25, -0.2) is 9.59 Å². The number of benzene rings is 2. The van der Waals surface area contributed by atoms with Crippen molar-refractivity contribution in [1.82, 2.24) is 10.6 Å². The predicted molar refractivity (Wildman–Crippen MR) is 113 cm³/mol. The summed E-state index contributed by atoms with van der Waals surface area (Å²) in [5.74, 6) is -2.73. The van der Waals surface area contributed by atoms with Crippen LogP contribution in [0.25, 0.3) is 11.1 Å². The highest BCUT2D eigenvalue weighted by molar-refractivity contribution is 5.82. The number of fused-ring (bicyclic) bond motifs is 3. The van der Waals surface area contributed by atoms with Gasteiger partial charge in [0, 0.05) is 5.92 Å². The summed E-state index contributed by atoms with van der Waals surface area (Å²) in [7, 11) is 0. The van der Waals surface area contributed by atoms with Gasteiger partial charge in [0.05, 0.1) is 31.7 Å². The fourth-order valence-electron chi connectivity index (χ4n) is 4.16. The molecule has 1 saturated heterocycles. The molecular formula is C23H24N2O7. The Morgan fingerprint density at radius 2 is 1.66 bits per heavy atom. The summed E-state index contributed by atoms with van der Waals surface area (Å²) in [5, 5.41) is 23.0. The highest BCUT2D eigenvalue weighted by Gasteiger charge is 2.36. The fraction of sp³-hybridized carbons (Fsp3) is 0.348. The third-order valence-electron chi connectivity index (χ3n) is 5.82. The molecule has 2 aromatic carbocycles. The van der Waals surface area contributed by atoms with Gasteiger partial charge in [-0.1, -0.05) is 48.5 Å². The second-order valence-corrected chi connectivity index (χ2v) is 7.82. The lowest BCUT2D eigenvalue weighted by Crippen LogP contribution is -2.48. The number of amides is 2. The first-order valence-corrected chi connectivity index (χ1v) is 10.3. The van der Waals surface area contributed by atoms with Crippen molar-refractivity contribution >= 4 is 18.0 Å². The number of aliphatic hydroxyl groups is 1. The fourth-order valence-corrected chi connectivity index (χ4v) is 4.16. The summed E-state index contributed by atoms with van der Waals surface area (Å²) >= 11 is 0. The van der Waals surface area contributed by atoms with E-state index < -0.39 is 42.6 Å². The van der Waals surface area contributed by atoms with Crippen LogP contribution in [-0.4, -0.2) is 66.7 Å². The maximum Gasteiger partial charge on any atom is 0.407 e. The monoisotopic (exact) mass is 440 g/mol. The number of carbonyl (C=O) groups excluding carboxylic acids is 2. The Labute approximate surface area is 184 Å². The number of ether oxygens (including phenoxy) is 2. The number of rotatable bonds is 7. The quantitative estimate of drug-likeness (QED) is 0.507. The van der Waals surface area contributed by atoms with Crippen molar-refractivity contribution in [2.45, 2.75) is 18.1 Å². The molecule has 0 aromatic heterocycles. The standard InChI is InChI=1S/C23H24N2O7/c26-20(22(28)29)9-24-21(27)18-10-31-12-19(18)25-23(30)32-11-17-15-7-3-1-5-13(15)14-6-2-4-8-16(14)17/h1-8,17-20,26H,9-12H2,(H,24,27)(H,25,30)(H,28,29)/t18?,19?,20-/m0/s1. The molecule has 4 rings (SSSR count). The molecule has 1 heterocycles. The summed E-state index contributed by atoms with van der Waals surface area (Å²) in [5.41, 5.74) is 4.45. The van der Waals surface area contributed by atoms with Gasteiger partial charge in [0.15, 0.2) is 6.10 Å². The highest BCUT2D eigenvalue weighted by atomic mass is 16.5. The van der Waals surface area contributed by atoms with Crippen LogP contribution in [0.1, 0.15) is 17.0 Å². The predicted octanol–water partition coefficient (Wildman–Crippen LogP) is 1.10.